The van der Waals surface area contributed by atoms with E-state index >= 15 is 0 Å². The number of rotatable bonds is 4. The summed E-state index contributed by atoms with van der Waals surface area (Å²) in [7, 11) is 2.68. The summed E-state index contributed by atoms with van der Waals surface area (Å²) in [4.78, 5) is 25.0. The van der Waals surface area contributed by atoms with E-state index in [1.54, 1.807) is 28.9 Å². The van der Waals surface area contributed by atoms with Crippen LogP contribution in [0.1, 0.15) is 26.5 Å². The molecule has 0 N–H and O–H groups in total. The van der Waals surface area contributed by atoms with Crippen LogP contribution in [0.2, 0.25) is 5.02 Å². The molecule has 0 aliphatic heterocycles. The van der Waals surface area contributed by atoms with Crippen LogP contribution >= 0.6 is 11.6 Å². The molecule has 30 heavy (non-hydrogen) atoms. The average molecular weight is 423 g/mol. The third kappa shape index (κ3) is 3.15. The first-order valence-corrected chi connectivity index (χ1v) is 9.60. The van der Waals surface area contributed by atoms with Gasteiger partial charge in [0.1, 0.15) is 5.69 Å². The predicted molar refractivity (Wildman–Crippen MR) is 115 cm³/mol. The molecule has 0 atom stereocenters. The number of para-hydroxylation sites is 1. The number of esters is 2. The summed E-state index contributed by atoms with van der Waals surface area (Å²) in [6.07, 6.45) is 0. The van der Waals surface area contributed by atoms with Gasteiger partial charge in [0.2, 0.25) is 0 Å². The zero-order chi connectivity index (χ0) is 21.4. The van der Waals surface area contributed by atoms with Gasteiger partial charge in [0.05, 0.1) is 36.7 Å². The number of aromatic nitrogens is 2. The van der Waals surface area contributed by atoms with E-state index in [0.29, 0.717) is 27.7 Å². The third-order valence-electron chi connectivity index (χ3n) is 5.04. The highest BCUT2D eigenvalue weighted by molar-refractivity contribution is 6.30. The maximum absolute atomic E-state index is 12.6. The van der Waals surface area contributed by atoms with Crippen molar-refractivity contribution in [2.75, 3.05) is 14.2 Å². The lowest BCUT2D eigenvalue weighted by Gasteiger charge is -2.17. The lowest BCUT2D eigenvalue weighted by atomic mass is 10.1. The lowest BCUT2D eigenvalue weighted by Crippen LogP contribution is -2.19. The topological polar surface area (TPSA) is 62.5 Å². The Hall–Kier alpha value is -3.51. The molecule has 2 aromatic carbocycles. The summed E-state index contributed by atoms with van der Waals surface area (Å²) in [6, 6.07) is 18.4. The summed E-state index contributed by atoms with van der Waals surface area (Å²) in [5, 5.41) is 1.47. The molecule has 0 aliphatic rings. The molecule has 0 amide bonds. The van der Waals surface area contributed by atoms with Crippen molar-refractivity contribution in [3.63, 3.8) is 0 Å². The van der Waals surface area contributed by atoms with Gasteiger partial charge in [-0.2, -0.15) is 0 Å². The summed E-state index contributed by atoms with van der Waals surface area (Å²) < 4.78 is 13.6. The quantitative estimate of drug-likeness (QED) is 0.436. The van der Waals surface area contributed by atoms with Gasteiger partial charge in [-0.3, -0.25) is 4.68 Å². The minimum Gasteiger partial charge on any atom is -0.465 e. The molecule has 0 aliphatic carbocycles. The number of hydrogen-bond donors (Lipinski definition) is 0. The Kier molecular flexibility index (Phi) is 5.10. The third-order valence-corrected chi connectivity index (χ3v) is 5.29. The Morgan fingerprint density at radius 3 is 2.20 bits per heavy atom. The summed E-state index contributed by atoms with van der Waals surface area (Å²) in [6.45, 7) is 1.81. The van der Waals surface area contributed by atoms with Crippen molar-refractivity contribution in [3.8, 4) is 11.3 Å². The first kappa shape index (κ1) is 19.8. The molecule has 4 aromatic rings. The van der Waals surface area contributed by atoms with E-state index in [9.17, 15) is 9.59 Å². The minimum atomic E-state index is -0.485. The fourth-order valence-corrected chi connectivity index (χ4v) is 3.73. The van der Waals surface area contributed by atoms with Gasteiger partial charge in [0, 0.05) is 16.0 Å². The van der Waals surface area contributed by atoms with Crippen molar-refractivity contribution in [1.29, 1.82) is 0 Å². The summed E-state index contributed by atoms with van der Waals surface area (Å²) >= 11 is 6.06. The van der Waals surface area contributed by atoms with Crippen LogP contribution in [0, 0.1) is 6.92 Å². The highest BCUT2D eigenvalue weighted by Crippen LogP contribution is 2.31. The largest absolute Gasteiger partial charge is 0.465 e. The Bertz CT molecular complexity index is 1270. The number of ether oxygens (including phenoxy) is 2. The van der Waals surface area contributed by atoms with Crippen molar-refractivity contribution in [1.82, 2.24) is 9.35 Å². The van der Waals surface area contributed by atoms with E-state index in [4.69, 9.17) is 21.1 Å². The summed E-state index contributed by atoms with van der Waals surface area (Å²) in [5.41, 5.74) is 3.68. The smallest absolute Gasteiger partial charge is 0.356 e. The van der Waals surface area contributed by atoms with E-state index < -0.39 is 11.9 Å². The molecular weight excluding hydrogens is 404 g/mol. The van der Waals surface area contributed by atoms with Crippen molar-refractivity contribution >= 4 is 34.4 Å². The molecule has 2 aromatic heterocycles. The van der Waals surface area contributed by atoms with Crippen LogP contribution in [-0.2, 0) is 9.47 Å². The highest BCUT2D eigenvalue weighted by Gasteiger charge is 2.25. The number of nitrogens with zero attached hydrogens (tertiary/aromatic N) is 2. The molecule has 0 fully saturated rings. The van der Waals surface area contributed by atoms with Crippen LogP contribution in [0.4, 0.5) is 0 Å². The zero-order valence-electron chi connectivity index (χ0n) is 16.7. The standard InChI is InChI=1S/C23H19ClN2O4/c1-14-18(22(27)29-2)13-20(15-8-10-17(24)11-9-15)25(14)26-19-7-5-4-6-16(19)12-21(26)23(28)30-3/h4-13H,1-3H3. The Labute approximate surface area is 178 Å². The van der Waals surface area contributed by atoms with Crippen molar-refractivity contribution in [2.24, 2.45) is 0 Å². The van der Waals surface area contributed by atoms with Crippen LogP contribution in [0.25, 0.3) is 22.2 Å². The second-order valence-corrected chi connectivity index (χ2v) is 7.17. The SMILES string of the molecule is COC(=O)c1cc(-c2ccc(Cl)cc2)n(-n2c(C(=O)OC)cc3ccccc32)c1C. The monoisotopic (exact) mass is 422 g/mol. The molecule has 0 spiro atoms. The second-order valence-electron chi connectivity index (χ2n) is 6.73. The molecule has 0 bridgehead atoms. The molecule has 2 heterocycles. The fourth-order valence-electron chi connectivity index (χ4n) is 3.60. The number of carbonyl (C=O) groups is 2. The molecule has 6 nitrogen and oxygen atoms in total. The van der Waals surface area contributed by atoms with E-state index in [2.05, 4.69) is 0 Å². The normalized spacial score (nSPS) is 10.9. The van der Waals surface area contributed by atoms with Crippen molar-refractivity contribution in [3.05, 3.63) is 82.6 Å². The Balaban J connectivity index is 2.10. The van der Waals surface area contributed by atoms with Crippen molar-refractivity contribution < 1.29 is 19.1 Å². The maximum Gasteiger partial charge on any atom is 0.356 e. The maximum atomic E-state index is 12.6. The lowest BCUT2D eigenvalue weighted by molar-refractivity contribution is 0.0585. The molecule has 0 saturated carbocycles. The van der Waals surface area contributed by atoms with Gasteiger partial charge >= 0.3 is 11.9 Å². The first-order chi connectivity index (χ1) is 14.5. The minimum absolute atomic E-state index is 0.337. The van der Waals surface area contributed by atoms with E-state index in [-0.39, 0.29) is 0 Å². The number of hydrogen-bond acceptors (Lipinski definition) is 4. The van der Waals surface area contributed by atoms with Gasteiger partial charge in [-0.25, -0.2) is 14.3 Å². The van der Waals surface area contributed by atoms with Crippen molar-refractivity contribution in [2.45, 2.75) is 6.92 Å². The van der Waals surface area contributed by atoms with Gasteiger partial charge in [0.15, 0.2) is 0 Å². The van der Waals surface area contributed by atoms with Crippen LogP contribution in [0.15, 0.2) is 60.7 Å². The van der Waals surface area contributed by atoms with Crippen LogP contribution < -0.4 is 0 Å². The fraction of sp³-hybridized carbons (Fsp3) is 0.130. The van der Waals surface area contributed by atoms with Gasteiger partial charge in [-0.1, -0.05) is 41.9 Å². The molecule has 7 heteroatoms. The van der Waals surface area contributed by atoms with Crippen LogP contribution in [-0.4, -0.2) is 35.5 Å². The molecular formula is C23H19ClN2O4. The summed E-state index contributed by atoms with van der Waals surface area (Å²) in [5.74, 6) is -0.946. The van der Waals surface area contributed by atoms with Gasteiger partial charge < -0.3 is 9.47 Å². The van der Waals surface area contributed by atoms with E-state index in [1.165, 1.54) is 14.2 Å². The van der Waals surface area contributed by atoms with E-state index in [0.717, 1.165) is 16.5 Å². The van der Waals surface area contributed by atoms with Gasteiger partial charge in [-0.05, 0) is 37.3 Å². The number of methoxy groups -OCH3 is 2. The molecule has 152 valence electrons. The van der Waals surface area contributed by atoms with Crippen LogP contribution in [0.3, 0.4) is 0 Å². The molecule has 4 rings (SSSR count). The predicted octanol–water partition coefficient (Wildman–Crippen LogP) is 4.96. The Morgan fingerprint density at radius 1 is 0.867 bits per heavy atom. The van der Waals surface area contributed by atoms with Gasteiger partial charge in [-0.15, -0.1) is 0 Å². The molecule has 0 saturated heterocycles. The first-order valence-electron chi connectivity index (χ1n) is 9.22. The zero-order valence-corrected chi connectivity index (χ0v) is 17.4. The highest BCUT2D eigenvalue weighted by atomic mass is 35.5. The second kappa shape index (κ2) is 7.72. The van der Waals surface area contributed by atoms with Gasteiger partial charge in [0.25, 0.3) is 0 Å². The number of carbonyl (C=O) groups excluding carboxylic acids is 2. The van der Waals surface area contributed by atoms with E-state index in [1.807, 2.05) is 48.0 Å². The van der Waals surface area contributed by atoms with Crippen LogP contribution in [0.5, 0.6) is 0 Å². The molecule has 0 radical (unpaired) electrons. The molecule has 0 unspecified atom stereocenters. The number of fused-ring (bicyclic) bond motifs is 1. The average Bonchev–Trinajstić information content (AvgIpc) is 3.30. The number of halogens is 1. The Morgan fingerprint density at radius 2 is 1.53 bits per heavy atom. The number of benzene rings is 2.